The van der Waals surface area contributed by atoms with Crippen LogP contribution in [0.25, 0.3) is 105 Å². The van der Waals surface area contributed by atoms with Crippen LogP contribution in [0.15, 0.2) is 192 Å². The van der Waals surface area contributed by atoms with Crippen LogP contribution in [0.3, 0.4) is 0 Å². The molecule has 12 rings (SSSR count). The first-order chi connectivity index (χ1) is 27.8. The number of aromatic nitrogens is 5. The van der Waals surface area contributed by atoms with E-state index in [1.807, 2.05) is 36.4 Å². The number of rotatable bonds is 5. The fourth-order valence-corrected chi connectivity index (χ4v) is 8.77. The van der Waals surface area contributed by atoms with Crippen LogP contribution in [-0.4, -0.2) is 23.9 Å². The van der Waals surface area contributed by atoms with Gasteiger partial charge >= 0.3 is 0 Å². The zero-order chi connectivity index (χ0) is 36.7. The monoisotopic (exact) mass is 717 g/mol. The molecule has 4 aromatic heterocycles. The molecule has 0 spiro atoms. The second-order valence-electron chi connectivity index (χ2n) is 14.3. The van der Waals surface area contributed by atoms with E-state index in [0.29, 0.717) is 11.8 Å². The van der Waals surface area contributed by atoms with E-state index in [4.69, 9.17) is 4.42 Å². The van der Waals surface area contributed by atoms with Gasteiger partial charge in [-0.2, -0.15) is 0 Å². The first-order valence-electron chi connectivity index (χ1n) is 18.8. The third-order valence-corrected chi connectivity index (χ3v) is 11.2. The van der Waals surface area contributed by atoms with Gasteiger partial charge in [0.05, 0.1) is 33.1 Å². The first-order valence-corrected chi connectivity index (χ1v) is 18.8. The first kappa shape index (κ1) is 30.7. The highest BCUT2D eigenvalue weighted by atomic mass is 16.4. The minimum absolute atomic E-state index is 0.480. The Kier molecular flexibility index (Phi) is 6.53. The minimum atomic E-state index is 0.480. The van der Waals surface area contributed by atoms with Crippen LogP contribution in [0.2, 0.25) is 0 Å². The molecule has 0 aliphatic rings. The lowest BCUT2D eigenvalue weighted by atomic mass is 10.1. The molecule has 262 valence electrons. The quantitative estimate of drug-likeness (QED) is 0.178. The lowest BCUT2D eigenvalue weighted by Gasteiger charge is -2.11. The molecule has 0 amide bonds. The molecular weight excluding hydrogens is 687 g/mol. The van der Waals surface area contributed by atoms with E-state index in [2.05, 4.69) is 176 Å². The Labute approximate surface area is 320 Å². The lowest BCUT2D eigenvalue weighted by molar-refractivity contribution is 0.584. The summed E-state index contributed by atoms with van der Waals surface area (Å²) < 4.78 is 13.4. The molecule has 0 N–H and O–H groups in total. The van der Waals surface area contributed by atoms with E-state index in [1.165, 1.54) is 43.6 Å². The molecule has 4 heterocycles. The number of nitrogens with zero attached hydrogens (tertiary/aromatic N) is 5. The highest BCUT2D eigenvalue weighted by molar-refractivity contribution is 6.14. The Morgan fingerprint density at radius 3 is 1.14 bits per heavy atom. The average molecular weight is 718 g/mol. The Hall–Kier alpha value is -7.70. The van der Waals surface area contributed by atoms with E-state index >= 15 is 0 Å². The smallest absolute Gasteiger partial charge is 0.248 e. The van der Waals surface area contributed by atoms with Crippen molar-refractivity contribution >= 4 is 65.4 Å². The molecule has 6 heteroatoms. The molecule has 0 saturated heterocycles. The van der Waals surface area contributed by atoms with Gasteiger partial charge < -0.3 is 18.1 Å². The van der Waals surface area contributed by atoms with E-state index in [-0.39, 0.29) is 0 Å². The Bertz CT molecular complexity index is 3210. The van der Waals surface area contributed by atoms with Gasteiger partial charge in [-0.05, 0) is 91.0 Å². The molecule has 8 aromatic carbocycles. The van der Waals surface area contributed by atoms with Crippen molar-refractivity contribution in [3.05, 3.63) is 188 Å². The van der Waals surface area contributed by atoms with Crippen molar-refractivity contribution in [1.82, 2.24) is 23.9 Å². The lowest BCUT2D eigenvalue weighted by Crippen LogP contribution is -1.96. The second kappa shape index (κ2) is 11.9. The van der Waals surface area contributed by atoms with Crippen LogP contribution in [0.4, 0.5) is 0 Å². The van der Waals surface area contributed by atoms with Gasteiger partial charge in [0.2, 0.25) is 11.8 Å². The van der Waals surface area contributed by atoms with E-state index in [9.17, 15) is 0 Å². The minimum Gasteiger partial charge on any atom is -0.416 e. The maximum atomic E-state index is 6.22. The summed E-state index contributed by atoms with van der Waals surface area (Å²) >= 11 is 0. The Morgan fingerprint density at radius 1 is 0.286 bits per heavy atom. The van der Waals surface area contributed by atoms with Gasteiger partial charge in [-0.15, -0.1) is 10.2 Å². The van der Waals surface area contributed by atoms with E-state index < -0.39 is 0 Å². The van der Waals surface area contributed by atoms with Crippen molar-refractivity contribution in [3.8, 4) is 40.0 Å². The second-order valence-corrected chi connectivity index (χ2v) is 14.3. The number of fused-ring (bicyclic) bond motifs is 9. The van der Waals surface area contributed by atoms with Crippen LogP contribution in [0, 0.1) is 0 Å². The third kappa shape index (κ3) is 4.50. The van der Waals surface area contributed by atoms with Gasteiger partial charge in [-0.25, -0.2) is 0 Å². The molecule has 0 unspecified atom stereocenters. The summed E-state index contributed by atoms with van der Waals surface area (Å²) in [5, 5.41) is 16.1. The van der Waals surface area contributed by atoms with E-state index in [0.717, 1.165) is 50.0 Å². The van der Waals surface area contributed by atoms with Crippen molar-refractivity contribution in [2.45, 2.75) is 0 Å². The molecule has 0 fully saturated rings. The molecule has 0 bridgehead atoms. The van der Waals surface area contributed by atoms with Gasteiger partial charge in [-0.1, -0.05) is 97.1 Å². The van der Waals surface area contributed by atoms with Crippen molar-refractivity contribution in [2.75, 3.05) is 0 Å². The van der Waals surface area contributed by atoms with Crippen molar-refractivity contribution < 1.29 is 4.42 Å². The fourth-order valence-electron chi connectivity index (χ4n) is 8.77. The summed E-state index contributed by atoms with van der Waals surface area (Å²) in [7, 11) is 0. The standard InChI is InChI=1S/C50H31N5O/c1-2-13-32(14-3-1)49-51-52-50(56-49)33-15-12-16-34(29-33)53-47-27-25-35(54-43-21-8-4-17-37(43)38-18-5-9-22-44(38)54)30-41(47)42-31-36(26-28-48(42)53)55-45-23-10-6-19-39(45)40-20-7-11-24-46(40)55/h1-31H. The summed E-state index contributed by atoms with van der Waals surface area (Å²) in [6.45, 7) is 0. The van der Waals surface area contributed by atoms with Crippen LogP contribution in [0.5, 0.6) is 0 Å². The highest BCUT2D eigenvalue weighted by Gasteiger charge is 2.20. The van der Waals surface area contributed by atoms with E-state index in [1.54, 1.807) is 0 Å². The summed E-state index contributed by atoms with van der Waals surface area (Å²) in [4.78, 5) is 0. The summed E-state index contributed by atoms with van der Waals surface area (Å²) in [5.74, 6) is 0.979. The predicted molar refractivity (Wildman–Crippen MR) is 228 cm³/mol. The Balaban J connectivity index is 1.11. The van der Waals surface area contributed by atoms with Crippen LogP contribution in [-0.2, 0) is 0 Å². The molecular formula is C50H31N5O. The largest absolute Gasteiger partial charge is 0.416 e. The molecule has 0 radical (unpaired) electrons. The van der Waals surface area contributed by atoms with Gasteiger partial charge in [0.1, 0.15) is 0 Å². The maximum absolute atomic E-state index is 6.22. The molecule has 0 atom stereocenters. The van der Waals surface area contributed by atoms with Crippen LogP contribution in [0.1, 0.15) is 0 Å². The number of hydrogen-bond donors (Lipinski definition) is 0. The molecule has 6 nitrogen and oxygen atoms in total. The molecule has 12 aromatic rings. The molecule has 0 aliphatic carbocycles. The Morgan fingerprint density at radius 2 is 0.661 bits per heavy atom. The topological polar surface area (TPSA) is 53.7 Å². The normalized spacial score (nSPS) is 11.9. The van der Waals surface area contributed by atoms with Crippen molar-refractivity contribution in [1.29, 1.82) is 0 Å². The zero-order valence-electron chi connectivity index (χ0n) is 30.0. The summed E-state index contributed by atoms with van der Waals surface area (Å²) in [6, 6.07) is 66.7. The zero-order valence-corrected chi connectivity index (χ0v) is 30.0. The van der Waals surface area contributed by atoms with Gasteiger partial charge in [-0.3, -0.25) is 0 Å². The summed E-state index contributed by atoms with van der Waals surface area (Å²) in [5.41, 5.74) is 11.9. The van der Waals surface area contributed by atoms with Crippen LogP contribution < -0.4 is 0 Å². The number of benzene rings is 8. The van der Waals surface area contributed by atoms with Crippen molar-refractivity contribution in [3.63, 3.8) is 0 Å². The SMILES string of the molecule is c1ccc(-c2nnc(-c3cccc(-n4c5ccc(-n6c7ccccc7c7ccccc76)cc5c5cc(-n6c7ccccc7c7ccccc76)ccc54)c3)o2)cc1. The van der Waals surface area contributed by atoms with Crippen LogP contribution >= 0.6 is 0 Å². The molecule has 0 aliphatic heterocycles. The molecule has 56 heavy (non-hydrogen) atoms. The van der Waals surface area contributed by atoms with Gasteiger partial charge in [0, 0.05) is 60.5 Å². The number of hydrogen-bond acceptors (Lipinski definition) is 3. The third-order valence-electron chi connectivity index (χ3n) is 11.2. The fraction of sp³-hybridized carbons (Fsp3) is 0. The highest BCUT2D eigenvalue weighted by Crippen LogP contribution is 2.40. The van der Waals surface area contributed by atoms with Crippen molar-refractivity contribution in [2.24, 2.45) is 0 Å². The van der Waals surface area contributed by atoms with Gasteiger partial charge in [0.15, 0.2) is 0 Å². The van der Waals surface area contributed by atoms with Gasteiger partial charge in [0.25, 0.3) is 0 Å². The predicted octanol–water partition coefficient (Wildman–Crippen LogP) is 12.7. The summed E-state index contributed by atoms with van der Waals surface area (Å²) in [6.07, 6.45) is 0. The molecule has 0 saturated carbocycles. The number of para-hydroxylation sites is 4. The average Bonchev–Trinajstić information content (AvgIpc) is 4.04. The maximum Gasteiger partial charge on any atom is 0.248 e.